The fraction of sp³-hybridized carbons (Fsp3) is 1.00. The van der Waals surface area contributed by atoms with Crippen LogP contribution in [0, 0.1) is 11.8 Å². The van der Waals surface area contributed by atoms with Crippen LogP contribution in [0.5, 0.6) is 0 Å². The first-order valence-corrected chi connectivity index (χ1v) is 4.97. The van der Waals surface area contributed by atoms with E-state index in [-0.39, 0.29) is 0 Å². The van der Waals surface area contributed by atoms with Gasteiger partial charge < -0.3 is 4.90 Å². The van der Waals surface area contributed by atoms with Crippen LogP contribution in [0.4, 0.5) is 0 Å². The number of fused-ring (bicyclic) bond motifs is 1. The molecule has 0 bridgehead atoms. The molecule has 0 N–H and O–H groups in total. The number of piperidine rings is 1. The lowest BCUT2D eigenvalue weighted by atomic mass is 9.86. The Bertz CT molecular complexity index is 144. The zero-order chi connectivity index (χ0) is 7.84. The van der Waals surface area contributed by atoms with Gasteiger partial charge in [0.15, 0.2) is 0 Å². The van der Waals surface area contributed by atoms with Gasteiger partial charge in [0.05, 0.1) is 0 Å². The quantitative estimate of drug-likeness (QED) is 0.515. The van der Waals surface area contributed by atoms with Gasteiger partial charge in [0.25, 0.3) is 0 Å². The van der Waals surface area contributed by atoms with Crippen molar-refractivity contribution in [1.82, 2.24) is 4.90 Å². The fourth-order valence-corrected chi connectivity index (χ4v) is 3.09. The van der Waals surface area contributed by atoms with Crippen molar-refractivity contribution in [2.45, 2.75) is 38.6 Å². The van der Waals surface area contributed by atoms with Crippen molar-refractivity contribution in [1.29, 1.82) is 0 Å². The molecular weight excluding hydrogens is 134 g/mol. The predicted molar refractivity (Wildman–Crippen MR) is 47.5 cm³/mol. The van der Waals surface area contributed by atoms with Gasteiger partial charge >= 0.3 is 0 Å². The van der Waals surface area contributed by atoms with E-state index < -0.39 is 0 Å². The Morgan fingerprint density at radius 3 is 2.91 bits per heavy atom. The molecule has 0 amide bonds. The minimum atomic E-state index is 0.944. The maximum absolute atomic E-state index is 2.59. The Hall–Kier alpha value is -0.0400. The zero-order valence-corrected chi connectivity index (χ0v) is 7.71. The summed E-state index contributed by atoms with van der Waals surface area (Å²) in [6.07, 6.45) is 5.94. The smallest absolute Gasteiger partial charge is 0.0121 e. The Balaban J connectivity index is 2.04. The van der Waals surface area contributed by atoms with Crippen LogP contribution in [0.3, 0.4) is 0 Å². The molecule has 1 aliphatic carbocycles. The van der Waals surface area contributed by atoms with E-state index in [0.717, 1.165) is 17.9 Å². The summed E-state index contributed by atoms with van der Waals surface area (Å²) in [4.78, 5) is 2.59. The van der Waals surface area contributed by atoms with Gasteiger partial charge in [-0.2, -0.15) is 0 Å². The number of hydrogen-bond donors (Lipinski definition) is 0. The second-order valence-electron chi connectivity index (χ2n) is 4.54. The molecule has 64 valence electrons. The first-order valence-electron chi connectivity index (χ1n) is 4.97. The lowest BCUT2D eigenvalue weighted by molar-refractivity contribution is 0.106. The first kappa shape index (κ1) is 7.60. The third kappa shape index (κ3) is 1.31. The van der Waals surface area contributed by atoms with E-state index in [1.165, 1.54) is 32.2 Å². The summed E-state index contributed by atoms with van der Waals surface area (Å²) in [5.41, 5.74) is 0. The molecule has 1 saturated heterocycles. The highest BCUT2D eigenvalue weighted by Crippen LogP contribution is 2.37. The normalized spacial score (nSPS) is 45.8. The number of rotatable bonds is 0. The molecule has 1 nitrogen and oxygen atoms in total. The molecule has 2 fully saturated rings. The largest absolute Gasteiger partial charge is 0.303 e. The highest BCUT2D eigenvalue weighted by atomic mass is 15.1. The molecule has 0 spiro atoms. The van der Waals surface area contributed by atoms with Crippen molar-refractivity contribution in [2.24, 2.45) is 11.8 Å². The van der Waals surface area contributed by atoms with E-state index in [9.17, 15) is 0 Å². The molecule has 11 heavy (non-hydrogen) atoms. The van der Waals surface area contributed by atoms with Crippen molar-refractivity contribution in [2.75, 3.05) is 13.6 Å². The lowest BCUT2D eigenvalue weighted by Crippen LogP contribution is -2.43. The van der Waals surface area contributed by atoms with Gasteiger partial charge in [-0.1, -0.05) is 13.3 Å². The van der Waals surface area contributed by atoms with Crippen LogP contribution in [0.1, 0.15) is 32.6 Å². The van der Waals surface area contributed by atoms with Crippen LogP contribution in [-0.4, -0.2) is 24.5 Å². The molecule has 1 heterocycles. The molecule has 3 atom stereocenters. The third-order valence-corrected chi connectivity index (χ3v) is 3.49. The molecule has 0 aromatic carbocycles. The van der Waals surface area contributed by atoms with Crippen molar-refractivity contribution in [3.8, 4) is 0 Å². The standard InChI is InChI=1S/C10H19N/c1-8-6-9-4-3-5-10(9)11(2)7-8/h8-10H,3-7H2,1-2H3. The molecule has 2 rings (SSSR count). The van der Waals surface area contributed by atoms with Crippen LogP contribution in [0.25, 0.3) is 0 Å². The van der Waals surface area contributed by atoms with Crippen LogP contribution in [0.2, 0.25) is 0 Å². The minimum absolute atomic E-state index is 0.944. The van der Waals surface area contributed by atoms with Gasteiger partial charge in [-0.25, -0.2) is 0 Å². The SMILES string of the molecule is CC1CC2CCCC2N(C)C1. The van der Waals surface area contributed by atoms with Gasteiger partial charge in [0, 0.05) is 12.6 Å². The number of nitrogens with zero attached hydrogens (tertiary/aromatic N) is 1. The molecule has 0 aromatic rings. The average Bonchev–Trinajstić information content (AvgIpc) is 2.34. The van der Waals surface area contributed by atoms with Crippen molar-refractivity contribution in [3.63, 3.8) is 0 Å². The van der Waals surface area contributed by atoms with Crippen molar-refractivity contribution >= 4 is 0 Å². The summed E-state index contributed by atoms with van der Waals surface area (Å²) < 4.78 is 0. The molecule has 0 aromatic heterocycles. The van der Waals surface area contributed by atoms with E-state index >= 15 is 0 Å². The van der Waals surface area contributed by atoms with E-state index in [1.807, 2.05) is 0 Å². The molecule has 1 aliphatic heterocycles. The molecule has 1 heteroatoms. The summed E-state index contributed by atoms with van der Waals surface area (Å²) >= 11 is 0. The third-order valence-electron chi connectivity index (χ3n) is 3.49. The van der Waals surface area contributed by atoms with Gasteiger partial charge in [-0.3, -0.25) is 0 Å². The fourth-order valence-electron chi connectivity index (χ4n) is 3.09. The predicted octanol–water partition coefficient (Wildman–Crippen LogP) is 2.13. The first-order chi connectivity index (χ1) is 5.27. The topological polar surface area (TPSA) is 3.24 Å². The molecule has 1 saturated carbocycles. The summed E-state index contributed by atoms with van der Waals surface area (Å²) in [6.45, 7) is 3.73. The van der Waals surface area contributed by atoms with Gasteiger partial charge in [-0.05, 0) is 38.1 Å². The van der Waals surface area contributed by atoms with Gasteiger partial charge in [0.2, 0.25) is 0 Å². The van der Waals surface area contributed by atoms with Crippen LogP contribution >= 0.6 is 0 Å². The molecule has 0 radical (unpaired) electrons. The Morgan fingerprint density at radius 2 is 2.09 bits per heavy atom. The van der Waals surface area contributed by atoms with Crippen molar-refractivity contribution < 1.29 is 0 Å². The number of likely N-dealkylation sites (tertiary alicyclic amines) is 1. The summed E-state index contributed by atoms with van der Waals surface area (Å²) in [5.74, 6) is 1.99. The Kier molecular flexibility index (Phi) is 1.92. The Morgan fingerprint density at radius 1 is 1.27 bits per heavy atom. The molecular formula is C10H19N. The molecule has 3 unspecified atom stereocenters. The van der Waals surface area contributed by atoms with Gasteiger partial charge in [-0.15, -0.1) is 0 Å². The maximum atomic E-state index is 2.59. The highest BCUT2D eigenvalue weighted by molar-refractivity contribution is 4.89. The number of hydrogen-bond acceptors (Lipinski definition) is 1. The van der Waals surface area contributed by atoms with Crippen LogP contribution < -0.4 is 0 Å². The monoisotopic (exact) mass is 153 g/mol. The van der Waals surface area contributed by atoms with Crippen molar-refractivity contribution in [3.05, 3.63) is 0 Å². The van der Waals surface area contributed by atoms with E-state index in [2.05, 4.69) is 18.9 Å². The van der Waals surface area contributed by atoms with E-state index in [4.69, 9.17) is 0 Å². The second-order valence-corrected chi connectivity index (χ2v) is 4.54. The highest BCUT2D eigenvalue weighted by Gasteiger charge is 2.35. The van der Waals surface area contributed by atoms with E-state index in [1.54, 1.807) is 0 Å². The summed E-state index contributed by atoms with van der Waals surface area (Å²) in [7, 11) is 2.30. The van der Waals surface area contributed by atoms with E-state index in [0.29, 0.717) is 0 Å². The lowest BCUT2D eigenvalue weighted by Gasteiger charge is -2.38. The average molecular weight is 153 g/mol. The zero-order valence-electron chi connectivity index (χ0n) is 7.71. The Labute approximate surface area is 69.8 Å². The molecule has 2 aliphatic rings. The maximum Gasteiger partial charge on any atom is 0.0121 e. The summed E-state index contributed by atoms with van der Waals surface area (Å²) in [6, 6.07) is 0.950. The van der Waals surface area contributed by atoms with Crippen LogP contribution in [-0.2, 0) is 0 Å². The second kappa shape index (κ2) is 2.78. The minimum Gasteiger partial charge on any atom is -0.303 e. The summed E-state index contributed by atoms with van der Waals surface area (Å²) in [5, 5.41) is 0. The van der Waals surface area contributed by atoms with Gasteiger partial charge in [0.1, 0.15) is 0 Å². The van der Waals surface area contributed by atoms with Crippen LogP contribution in [0.15, 0.2) is 0 Å².